The van der Waals surface area contributed by atoms with Crippen LogP contribution in [0.2, 0.25) is 0 Å². The quantitative estimate of drug-likeness (QED) is 0.657. The molecule has 2 heterocycles. The number of amides is 1. The fourth-order valence-corrected chi connectivity index (χ4v) is 5.10. The lowest BCUT2D eigenvalue weighted by Gasteiger charge is -2.28. The smallest absolute Gasteiger partial charge is 0.226 e. The summed E-state index contributed by atoms with van der Waals surface area (Å²) < 4.78 is 0. The summed E-state index contributed by atoms with van der Waals surface area (Å²) in [6, 6.07) is 13.2. The third-order valence-corrected chi connectivity index (χ3v) is 7.05. The molecule has 0 spiro atoms. The van der Waals surface area contributed by atoms with Crippen molar-refractivity contribution in [3.63, 3.8) is 0 Å². The molecule has 1 aliphatic heterocycles. The molecule has 1 aromatic heterocycles. The first-order valence-electron chi connectivity index (χ1n) is 12.2. The number of piperidine rings is 1. The fourth-order valence-electron chi connectivity index (χ4n) is 5.10. The molecule has 2 fully saturated rings. The maximum absolute atomic E-state index is 12.5. The number of nitrogens with zero attached hydrogens (tertiary/aromatic N) is 2. The van der Waals surface area contributed by atoms with Gasteiger partial charge in [-0.25, -0.2) is 0 Å². The second-order valence-electron chi connectivity index (χ2n) is 9.50. The van der Waals surface area contributed by atoms with Crippen LogP contribution in [0.5, 0.6) is 0 Å². The van der Waals surface area contributed by atoms with Crippen LogP contribution >= 0.6 is 0 Å². The lowest BCUT2D eigenvalue weighted by Crippen LogP contribution is -2.39. The number of rotatable bonds is 7. The first kappa shape index (κ1) is 22.0. The lowest BCUT2D eigenvalue weighted by atomic mass is 9.84. The maximum atomic E-state index is 12.5. The van der Waals surface area contributed by atoms with Gasteiger partial charge < -0.3 is 5.32 Å². The highest BCUT2D eigenvalue weighted by molar-refractivity contribution is 5.78. The van der Waals surface area contributed by atoms with Crippen LogP contribution < -0.4 is 5.32 Å². The van der Waals surface area contributed by atoms with Crippen molar-refractivity contribution in [1.82, 2.24) is 15.2 Å². The molecule has 1 atom stereocenters. The van der Waals surface area contributed by atoms with Crippen LogP contribution in [-0.4, -0.2) is 34.9 Å². The molecule has 1 aliphatic carbocycles. The van der Waals surface area contributed by atoms with Crippen LogP contribution in [0.15, 0.2) is 42.6 Å². The van der Waals surface area contributed by atoms with Crippen LogP contribution in [0, 0.1) is 5.92 Å². The van der Waals surface area contributed by atoms with Crippen molar-refractivity contribution in [2.45, 2.75) is 77.3 Å². The number of hydrogen-bond acceptors (Lipinski definition) is 3. The minimum atomic E-state index is 0.0837. The number of benzene rings is 1. The van der Waals surface area contributed by atoms with E-state index in [9.17, 15) is 4.79 Å². The molecule has 1 N–H and O–H groups in total. The van der Waals surface area contributed by atoms with E-state index in [4.69, 9.17) is 0 Å². The molecule has 31 heavy (non-hydrogen) atoms. The summed E-state index contributed by atoms with van der Waals surface area (Å²) in [5.41, 5.74) is 4.49. The van der Waals surface area contributed by atoms with E-state index >= 15 is 0 Å². The Kier molecular flexibility index (Phi) is 7.74. The Labute approximate surface area is 187 Å². The van der Waals surface area contributed by atoms with Gasteiger partial charge in [-0.05, 0) is 68.8 Å². The van der Waals surface area contributed by atoms with Crippen LogP contribution in [-0.2, 0) is 17.8 Å². The van der Waals surface area contributed by atoms with Gasteiger partial charge in [0, 0.05) is 30.0 Å². The average molecular weight is 420 g/mol. The second kappa shape index (κ2) is 10.9. The summed E-state index contributed by atoms with van der Waals surface area (Å²) in [7, 11) is 0. The van der Waals surface area contributed by atoms with Gasteiger partial charge in [0.05, 0.1) is 6.42 Å². The molecule has 2 aromatic rings. The topological polar surface area (TPSA) is 45.2 Å². The Morgan fingerprint density at radius 2 is 1.65 bits per heavy atom. The summed E-state index contributed by atoms with van der Waals surface area (Å²) in [5, 5.41) is 3.20. The fraction of sp³-hybridized carbons (Fsp3) is 0.556. The van der Waals surface area contributed by atoms with Crippen molar-refractivity contribution in [3.05, 3.63) is 53.9 Å². The van der Waals surface area contributed by atoms with Crippen molar-refractivity contribution >= 4 is 5.91 Å². The van der Waals surface area contributed by atoms with Gasteiger partial charge in [-0.2, -0.15) is 0 Å². The van der Waals surface area contributed by atoms with Gasteiger partial charge in [0.1, 0.15) is 0 Å². The molecule has 0 bridgehead atoms. The van der Waals surface area contributed by atoms with Crippen LogP contribution in [0.4, 0.5) is 0 Å². The summed E-state index contributed by atoms with van der Waals surface area (Å²) in [6.07, 6.45) is 12.7. The first-order valence-corrected chi connectivity index (χ1v) is 12.2. The molecule has 0 unspecified atom stereocenters. The van der Waals surface area contributed by atoms with E-state index in [0.29, 0.717) is 12.3 Å². The van der Waals surface area contributed by atoms with E-state index in [1.807, 2.05) is 12.3 Å². The molecule has 4 heteroatoms. The van der Waals surface area contributed by atoms with Crippen molar-refractivity contribution in [2.24, 2.45) is 5.92 Å². The molecule has 4 rings (SSSR count). The van der Waals surface area contributed by atoms with Gasteiger partial charge in [0.15, 0.2) is 0 Å². The highest BCUT2D eigenvalue weighted by atomic mass is 16.1. The third kappa shape index (κ3) is 6.39. The van der Waals surface area contributed by atoms with Crippen molar-refractivity contribution in [2.75, 3.05) is 13.1 Å². The van der Waals surface area contributed by atoms with Gasteiger partial charge in [-0.1, -0.05) is 56.0 Å². The number of nitrogens with one attached hydrogen (secondary N) is 1. The number of carbonyl (C=O) groups excluding carboxylic acids is 1. The predicted molar refractivity (Wildman–Crippen MR) is 127 cm³/mol. The van der Waals surface area contributed by atoms with Crippen molar-refractivity contribution < 1.29 is 4.79 Å². The van der Waals surface area contributed by atoms with E-state index in [-0.39, 0.29) is 11.9 Å². The summed E-state index contributed by atoms with van der Waals surface area (Å²) in [4.78, 5) is 19.6. The summed E-state index contributed by atoms with van der Waals surface area (Å²) in [6.45, 7) is 5.64. The van der Waals surface area contributed by atoms with E-state index in [1.54, 1.807) is 0 Å². The summed E-state index contributed by atoms with van der Waals surface area (Å²) >= 11 is 0. The first-order chi connectivity index (χ1) is 15.2. The zero-order chi connectivity index (χ0) is 21.5. The Balaban J connectivity index is 1.28. The molecule has 4 nitrogen and oxygen atoms in total. The monoisotopic (exact) mass is 419 g/mol. The molecule has 166 valence electrons. The predicted octanol–water partition coefficient (Wildman–Crippen LogP) is 5.36. The van der Waals surface area contributed by atoms with Crippen LogP contribution in [0.3, 0.4) is 0 Å². The Morgan fingerprint density at radius 1 is 0.968 bits per heavy atom. The zero-order valence-corrected chi connectivity index (χ0v) is 19.0. The molecule has 2 aliphatic rings. The van der Waals surface area contributed by atoms with Crippen molar-refractivity contribution in [3.8, 4) is 11.1 Å². The number of likely N-dealkylation sites (tertiary alicyclic amines) is 1. The van der Waals surface area contributed by atoms with Gasteiger partial charge in [-0.3, -0.25) is 14.7 Å². The van der Waals surface area contributed by atoms with E-state index in [2.05, 4.69) is 52.5 Å². The maximum Gasteiger partial charge on any atom is 0.226 e. The minimum Gasteiger partial charge on any atom is -0.353 e. The number of aromatic nitrogens is 1. The van der Waals surface area contributed by atoms with E-state index in [0.717, 1.165) is 17.8 Å². The Bertz CT molecular complexity index is 819. The molecule has 1 amide bonds. The van der Waals surface area contributed by atoms with Crippen LogP contribution in [0.25, 0.3) is 11.1 Å². The van der Waals surface area contributed by atoms with Gasteiger partial charge in [-0.15, -0.1) is 0 Å². The standard InChI is InChI=1S/C27H37N3O/c1-21(23-8-4-2-5-9-23)29-27(31)18-26-15-14-25(19-28-26)24-12-10-22(11-13-24)20-30-16-6-3-7-17-30/h10-15,19,21,23H,2-9,16-18,20H2,1H3,(H,29,31)/t21-/m1/s1. The molecule has 1 aromatic carbocycles. The molecular weight excluding hydrogens is 382 g/mol. The summed E-state index contributed by atoms with van der Waals surface area (Å²) in [5.74, 6) is 0.714. The van der Waals surface area contributed by atoms with Crippen molar-refractivity contribution in [1.29, 1.82) is 0 Å². The Hall–Kier alpha value is -2.20. The second-order valence-corrected chi connectivity index (χ2v) is 9.50. The molecule has 0 radical (unpaired) electrons. The SMILES string of the molecule is C[C@@H](NC(=O)Cc1ccc(-c2ccc(CN3CCCCC3)cc2)cn1)C1CCCCC1. The molecule has 1 saturated heterocycles. The minimum absolute atomic E-state index is 0.0837. The molecule has 1 saturated carbocycles. The average Bonchev–Trinajstić information content (AvgIpc) is 2.81. The van der Waals surface area contributed by atoms with Gasteiger partial charge in [0.25, 0.3) is 0 Å². The van der Waals surface area contributed by atoms with Crippen LogP contribution in [0.1, 0.15) is 69.5 Å². The van der Waals surface area contributed by atoms with E-state index in [1.165, 1.54) is 75.6 Å². The van der Waals surface area contributed by atoms with E-state index < -0.39 is 0 Å². The largest absolute Gasteiger partial charge is 0.353 e. The molecular formula is C27H37N3O. The number of carbonyl (C=O) groups is 1. The zero-order valence-electron chi connectivity index (χ0n) is 19.0. The Morgan fingerprint density at radius 3 is 2.32 bits per heavy atom. The van der Waals surface area contributed by atoms with Gasteiger partial charge >= 0.3 is 0 Å². The number of hydrogen-bond donors (Lipinski definition) is 1. The van der Waals surface area contributed by atoms with Gasteiger partial charge in [0.2, 0.25) is 5.91 Å². The normalized spacial score (nSPS) is 19.1. The highest BCUT2D eigenvalue weighted by Crippen LogP contribution is 2.26. The lowest BCUT2D eigenvalue weighted by molar-refractivity contribution is -0.121. The number of pyridine rings is 1. The third-order valence-electron chi connectivity index (χ3n) is 7.05. The highest BCUT2D eigenvalue weighted by Gasteiger charge is 2.21.